The molecule has 0 bridgehead atoms. The van der Waals surface area contributed by atoms with Crippen LogP contribution in [0, 0.1) is 5.92 Å². The fourth-order valence-corrected chi connectivity index (χ4v) is 1.69. The maximum absolute atomic E-state index is 10.4. The highest BCUT2D eigenvalue weighted by molar-refractivity contribution is 5.71. The molecular formula is C11H15NO2. The first-order valence-electron chi connectivity index (χ1n) is 5.00. The number of hydrogen-bond donors (Lipinski definition) is 0. The molecule has 0 saturated heterocycles. The van der Waals surface area contributed by atoms with E-state index in [4.69, 9.17) is 4.42 Å². The molecule has 1 unspecified atom stereocenters. The van der Waals surface area contributed by atoms with Crippen molar-refractivity contribution in [1.82, 2.24) is 0 Å². The molecule has 0 N–H and O–H groups in total. The van der Waals surface area contributed by atoms with Crippen molar-refractivity contribution < 1.29 is 9.21 Å². The van der Waals surface area contributed by atoms with Crippen molar-refractivity contribution >= 4 is 12.2 Å². The Morgan fingerprint density at radius 3 is 2.79 bits per heavy atom. The third kappa shape index (κ3) is 1.67. The van der Waals surface area contributed by atoms with Gasteiger partial charge in [-0.3, -0.25) is 4.79 Å². The second kappa shape index (κ2) is 3.48. The fraction of sp³-hybridized carbons (Fsp3) is 0.545. The largest absolute Gasteiger partial charge is 0.438 e. The maximum atomic E-state index is 10.4. The van der Waals surface area contributed by atoms with E-state index in [0.29, 0.717) is 11.8 Å². The molecular weight excluding hydrogens is 178 g/mol. The van der Waals surface area contributed by atoms with Crippen molar-refractivity contribution in [3.63, 3.8) is 0 Å². The molecule has 1 saturated carbocycles. The summed E-state index contributed by atoms with van der Waals surface area (Å²) in [7, 11) is 2.01. The van der Waals surface area contributed by atoms with E-state index < -0.39 is 0 Å². The van der Waals surface area contributed by atoms with Crippen LogP contribution in [0.3, 0.4) is 0 Å². The maximum Gasteiger partial charge on any atom is 0.196 e. The molecule has 2 rings (SSSR count). The molecule has 0 spiro atoms. The van der Waals surface area contributed by atoms with Gasteiger partial charge < -0.3 is 9.32 Å². The second-order valence-electron chi connectivity index (χ2n) is 3.98. The summed E-state index contributed by atoms with van der Waals surface area (Å²) in [6, 6.07) is 4.06. The van der Waals surface area contributed by atoms with Crippen LogP contribution in [0.25, 0.3) is 0 Å². The van der Waals surface area contributed by atoms with Crippen LogP contribution in [-0.2, 0) is 0 Å². The summed E-state index contributed by atoms with van der Waals surface area (Å²) < 4.78 is 5.35. The highest BCUT2D eigenvalue weighted by Gasteiger charge is 2.31. The number of furan rings is 1. The molecule has 0 amide bonds. The predicted molar refractivity (Wildman–Crippen MR) is 54.7 cm³/mol. The molecule has 1 aromatic rings. The molecule has 3 heteroatoms. The second-order valence-corrected chi connectivity index (χ2v) is 3.98. The van der Waals surface area contributed by atoms with Crippen LogP contribution in [0.5, 0.6) is 0 Å². The number of carbonyl (C=O) groups is 1. The lowest BCUT2D eigenvalue weighted by atomic mass is 10.2. The summed E-state index contributed by atoms with van der Waals surface area (Å²) in [6.45, 7) is 2.20. The number of aldehydes is 1. The first kappa shape index (κ1) is 9.31. The molecule has 1 aliphatic carbocycles. The molecule has 0 aromatic carbocycles. The van der Waals surface area contributed by atoms with Crippen LogP contribution >= 0.6 is 0 Å². The first-order valence-corrected chi connectivity index (χ1v) is 5.00. The van der Waals surface area contributed by atoms with Gasteiger partial charge in [0.2, 0.25) is 0 Å². The van der Waals surface area contributed by atoms with Crippen LogP contribution in [0.15, 0.2) is 16.5 Å². The predicted octanol–water partition coefficient (Wildman–Crippen LogP) is 2.33. The van der Waals surface area contributed by atoms with Gasteiger partial charge in [0.1, 0.15) is 0 Å². The van der Waals surface area contributed by atoms with E-state index >= 15 is 0 Å². The van der Waals surface area contributed by atoms with Gasteiger partial charge in [-0.2, -0.15) is 0 Å². The number of anilines is 1. The average molecular weight is 193 g/mol. The Morgan fingerprint density at radius 1 is 1.57 bits per heavy atom. The molecule has 76 valence electrons. The molecule has 14 heavy (non-hydrogen) atoms. The van der Waals surface area contributed by atoms with Gasteiger partial charge in [0.05, 0.1) is 0 Å². The quantitative estimate of drug-likeness (QED) is 0.688. The lowest BCUT2D eigenvalue weighted by molar-refractivity contribution is 0.110. The van der Waals surface area contributed by atoms with Crippen molar-refractivity contribution in [2.45, 2.75) is 25.8 Å². The van der Waals surface area contributed by atoms with Gasteiger partial charge in [0.15, 0.2) is 17.9 Å². The Morgan fingerprint density at radius 2 is 2.29 bits per heavy atom. The smallest absolute Gasteiger partial charge is 0.196 e. The topological polar surface area (TPSA) is 33.5 Å². The van der Waals surface area contributed by atoms with Crippen LogP contribution < -0.4 is 4.90 Å². The minimum absolute atomic E-state index is 0.398. The summed E-state index contributed by atoms with van der Waals surface area (Å²) in [5.41, 5.74) is 0. The molecule has 0 aliphatic heterocycles. The lowest BCUT2D eigenvalue weighted by Crippen LogP contribution is -2.30. The van der Waals surface area contributed by atoms with Gasteiger partial charge in [0.25, 0.3) is 0 Å². The summed E-state index contributed by atoms with van der Waals surface area (Å²) in [5.74, 6) is 1.98. The van der Waals surface area contributed by atoms with Crippen molar-refractivity contribution in [3.05, 3.63) is 17.9 Å². The summed E-state index contributed by atoms with van der Waals surface area (Å²) in [6.07, 6.45) is 3.36. The number of hydrogen-bond acceptors (Lipinski definition) is 3. The summed E-state index contributed by atoms with van der Waals surface area (Å²) in [4.78, 5) is 12.5. The molecule has 1 fully saturated rings. The molecule has 1 aliphatic rings. The van der Waals surface area contributed by atoms with Crippen molar-refractivity contribution in [2.75, 3.05) is 11.9 Å². The molecule has 1 aromatic heterocycles. The van der Waals surface area contributed by atoms with Crippen LogP contribution in [0.1, 0.15) is 30.3 Å². The summed E-state index contributed by atoms with van der Waals surface area (Å²) in [5, 5.41) is 0. The van der Waals surface area contributed by atoms with Gasteiger partial charge >= 0.3 is 0 Å². The van der Waals surface area contributed by atoms with E-state index in [1.807, 2.05) is 13.1 Å². The van der Waals surface area contributed by atoms with Crippen LogP contribution in [0.4, 0.5) is 5.88 Å². The Hall–Kier alpha value is -1.25. The minimum atomic E-state index is 0.398. The normalized spacial score (nSPS) is 17.9. The van der Waals surface area contributed by atoms with Crippen molar-refractivity contribution in [2.24, 2.45) is 5.92 Å². The Kier molecular flexibility index (Phi) is 2.32. The fourth-order valence-electron chi connectivity index (χ4n) is 1.69. The number of carbonyl (C=O) groups excluding carboxylic acids is 1. The van der Waals surface area contributed by atoms with E-state index in [2.05, 4.69) is 11.8 Å². The molecule has 1 atom stereocenters. The lowest BCUT2D eigenvalue weighted by Gasteiger charge is -2.23. The van der Waals surface area contributed by atoms with E-state index in [9.17, 15) is 4.79 Å². The van der Waals surface area contributed by atoms with E-state index in [0.717, 1.165) is 18.1 Å². The molecule has 0 radical (unpaired) electrons. The van der Waals surface area contributed by atoms with Crippen LogP contribution in [0.2, 0.25) is 0 Å². The standard InChI is InChI=1S/C11H15NO2/c1-8(9-3-4-9)12(2)11-6-5-10(7-13)14-11/h5-9H,3-4H2,1-2H3. The molecule has 1 heterocycles. The van der Waals surface area contributed by atoms with Crippen LogP contribution in [-0.4, -0.2) is 19.4 Å². The summed E-state index contributed by atoms with van der Waals surface area (Å²) >= 11 is 0. The highest BCUT2D eigenvalue weighted by Crippen LogP contribution is 2.36. The zero-order chi connectivity index (χ0) is 10.1. The Bertz CT molecular complexity index is 328. The average Bonchev–Trinajstić information content (AvgIpc) is 2.94. The van der Waals surface area contributed by atoms with Gasteiger partial charge in [-0.1, -0.05) is 0 Å². The number of nitrogens with zero attached hydrogens (tertiary/aromatic N) is 1. The van der Waals surface area contributed by atoms with Gasteiger partial charge in [0, 0.05) is 19.2 Å². The third-order valence-corrected chi connectivity index (χ3v) is 2.99. The first-order chi connectivity index (χ1) is 6.72. The highest BCUT2D eigenvalue weighted by atomic mass is 16.4. The third-order valence-electron chi connectivity index (χ3n) is 2.99. The minimum Gasteiger partial charge on any atom is -0.438 e. The van der Waals surface area contributed by atoms with E-state index in [1.165, 1.54) is 12.8 Å². The van der Waals surface area contributed by atoms with Gasteiger partial charge in [-0.05, 0) is 31.7 Å². The number of rotatable bonds is 4. The SMILES string of the molecule is CC(C1CC1)N(C)c1ccc(C=O)o1. The van der Waals surface area contributed by atoms with Gasteiger partial charge in [-0.15, -0.1) is 0 Å². The zero-order valence-electron chi connectivity index (χ0n) is 8.56. The zero-order valence-corrected chi connectivity index (χ0v) is 8.56. The van der Waals surface area contributed by atoms with E-state index in [-0.39, 0.29) is 0 Å². The Labute approximate surface area is 83.7 Å². The van der Waals surface area contributed by atoms with Gasteiger partial charge in [-0.25, -0.2) is 0 Å². The van der Waals surface area contributed by atoms with Crippen molar-refractivity contribution in [1.29, 1.82) is 0 Å². The van der Waals surface area contributed by atoms with Crippen molar-refractivity contribution in [3.8, 4) is 0 Å². The monoisotopic (exact) mass is 193 g/mol. The Balaban J connectivity index is 2.08. The van der Waals surface area contributed by atoms with E-state index in [1.54, 1.807) is 6.07 Å². The molecule has 3 nitrogen and oxygen atoms in total.